The van der Waals surface area contributed by atoms with Crippen molar-refractivity contribution in [3.05, 3.63) is 53.1 Å². The van der Waals surface area contributed by atoms with Crippen LogP contribution >= 0.6 is 0 Å². The van der Waals surface area contributed by atoms with E-state index in [4.69, 9.17) is 9.47 Å². The smallest absolute Gasteiger partial charge is 0.355 e. The number of nitrogens with zero attached hydrogens (tertiary/aromatic N) is 3. The largest absolute Gasteiger partial charge is 0.508 e. The number of carbonyl (C=O) groups excluding carboxylic acids is 1. The number of amides is 1. The first-order valence-corrected chi connectivity index (χ1v) is 14.1. The topological polar surface area (TPSA) is 242 Å². The number of carboxylic acid groups (broad SMARTS) is 1. The maximum Gasteiger partial charge on any atom is 0.355 e. The Morgan fingerprint density at radius 3 is 2.51 bits per heavy atom. The Morgan fingerprint density at radius 1 is 1.09 bits per heavy atom. The van der Waals surface area contributed by atoms with Gasteiger partial charge in [-0.3, -0.25) is 19.7 Å². The minimum absolute atomic E-state index is 0.00932. The molecule has 3 heterocycles. The van der Waals surface area contributed by atoms with Crippen LogP contribution in [0.25, 0.3) is 6.08 Å². The highest BCUT2D eigenvalue weighted by Crippen LogP contribution is 2.43. The Bertz CT molecular complexity index is 1590. The zero-order chi connectivity index (χ0) is 32.6. The number of hydrogen-bond acceptors (Lipinski definition) is 13. The molecule has 3 aliphatic heterocycles. The van der Waals surface area contributed by atoms with Crippen LogP contribution in [0, 0.1) is 0 Å². The van der Waals surface area contributed by atoms with Gasteiger partial charge in [-0.25, -0.2) is 4.79 Å². The maximum absolute atomic E-state index is 13.5. The molecular formula is C30H33N3O12. The van der Waals surface area contributed by atoms with E-state index in [0.29, 0.717) is 30.6 Å². The van der Waals surface area contributed by atoms with E-state index >= 15 is 0 Å². The number of aliphatic imine (C=N–C) groups is 2. The van der Waals surface area contributed by atoms with E-state index in [0.717, 1.165) is 34.5 Å². The molecule has 1 amide bonds. The van der Waals surface area contributed by atoms with Crippen molar-refractivity contribution in [2.24, 2.45) is 9.98 Å². The van der Waals surface area contributed by atoms with E-state index in [-0.39, 0.29) is 23.4 Å². The van der Waals surface area contributed by atoms with Crippen LogP contribution in [0.3, 0.4) is 0 Å². The Balaban J connectivity index is 1.41. The lowest BCUT2D eigenvalue weighted by Gasteiger charge is -2.44. The fourth-order valence-corrected chi connectivity index (χ4v) is 5.52. The molecule has 5 rings (SSSR count). The van der Waals surface area contributed by atoms with Gasteiger partial charge in [-0.05, 0) is 41.8 Å². The summed E-state index contributed by atoms with van der Waals surface area (Å²) in [5, 5.41) is 81.6. The van der Waals surface area contributed by atoms with Crippen molar-refractivity contribution in [1.82, 2.24) is 0 Å². The lowest BCUT2D eigenvalue weighted by molar-refractivity contribution is -0.422. The number of hydrogen-bond donors (Lipinski definition) is 8. The third kappa shape index (κ3) is 6.13. The van der Waals surface area contributed by atoms with Crippen LogP contribution in [0.4, 0.5) is 5.69 Å². The predicted molar refractivity (Wildman–Crippen MR) is 157 cm³/mol. The maximum atomic E-state index is 13.5. The van der Waals surface area contributed by atoms with Crippen LogP contribution in [0.5, 0.6) is 17.2 Å². The molecule has 45 heavy (non-hydrogen) atoms. The number of anilines is 1. The minimum atomic E-state index is -3.05. The molecule has 240 valence electrons. The van der Waals surface area contributed by atoms with E-state index in [1.54, 1.807) is 12.1 Å². The summed E-state index contributed by atoms with van der Waals surface area (Å²) < 4.78 is 10.4. The summed E-state index contributed by atoms with van der Waals surface area (Å²) >= 11 is 0. The molecule has 0 saturated carbocycles. The summed E-state index contributed by atoms with van der Waals surface area (Å²) in [6.07, 6.45) is -4.17. The van der Waals surface area contributed by atoms with Crippen molar-refractivity contribution in [2.75, 3.05) is 18.2 Å². The first-order valence-electron chi connectivity index (χ1n) is 14.1. The van der Waals surface area contributed by atoms with Gasteiger partial charge in [-0.2, -0.15) is 0 Å². The number of rotatable bonds is 9. The number of aliphatic hydroxyl groups is 5. The van der Waals surface area contributed by atoms with Gasteiger partial charge in [-0.15, -0.1) is 0 Å². The second-order valence-corrected chi connectivity index (χ2v) is 10.8. The van der Waals surface area contributed by atoms with E-state index < -0.39 is 66.4 Å². The lowest BCUT2D eigenvalue weighted by Crippen LogP contribution is -2.67. The summed E-state index contributed by atoms with van der Waals surface area (Å²) in [6, 6.07) is 5.53. The molecule has 0 radical (unpaired) electrons. The standard InChI is InChI=1S/C30H33N3O12/c1-2-17-18(32-13-31-17)8-16-7-14(3-5-21(16)35)4-6-25(37)33-19-11-23(22(36)10-15(19)9-20(33)29(41)42)44-30(43)28(40)27(39)26(38)24(12-34)45-30/h3-7,10-11,20,24,26-28,34-36,38-40,43H,2,8-9,12-13H2,1H3,(H,41,42). The van der Waals surface area contributed by atoms with Gasteiger partial charge >= 0.3 is 11.9 Å². The van der Waals surface area contributed by atoms with Gasteiger partial charge in [0, 0.05) is 30.5 Å². The van der Waals surface area contributed by atoms with Gasteiger partial charge in [-0.1, -0.05) is 13.0 Å². The molecule has 0 aromatic heterocycles. The van der Waals surface area contributed by atoms with Crippen molar-refractivity contribution in [3.8, 4) is 17.2 Å². The van der Waals surface area contributed by atoms with Crippen LogP contribution in [-0.2, 0) is 27.2 Å². The number of aromatic hydroxyl groups is 2. The van der Waals surface area contributed by atoms with Crippen LogP contribution in [0.15, 0.2) is 46.4 Å². The van der Waals surface area contributed by atoms with Crippen molar-refractivity contribution >= 4 is 35.1 Å². The van der Waals surface area contributed by atoms with Crippen LogP contribution in [0.1, 0.15) is 30.0 Å². The first kappa shape index (κ1) is 32.0. The van der Waals surface area contributed by atoms with E-state index in [2.05, 4.69) is 9.98 Å². The summed E-state index contributed by atoms with van der Waals surface area (Å²) in [5.74, 6) is -6.28. The number of phenols is 2. The SMILES string of the molecule is CCC1=NCN=C1Cc1cc(C=CC(=O)N2c3cc(OC4(O)OC(CO)C(O)C(O)C4O)c(O)cc3CC2C(=O)O)ccc1O. The molecule has 2 aromatic carbocycles. The quantitative estimate of drug-likeness (QED) is 0.129. The first-order chi connectivity index (χ1) is 21.4. The Hall–Kier alpha value is -4.38. The highest BCUT2D eigenvalue weighted by molar-refractivity contribution is 6.43. The number of benzene rings is 2. The van der Waals surface area contributed by atoms with E-state index in [9.17, 15) is 50.4 Å². The summed E-state index contributed by atoms with van der Waals surface area (Å²) in [4.78, 5) is 35.2. The van der Waals surface area contributed by atoms with Crippen LogP contribution in [-0.4, -0.2) is 114 Å². The van der Waals surface area contributed by atoms with Gasteiger partial charge in [0.25, 0.3) is 5.91 Å². The molecule has 0 aliphatic carbocycles. The fraction of sp³-hybridized carbons (Fsp3) is 0.400. The minimum Gasteiger partial charge on any atom is -0.508 e. The summed E-state index contributed by atoms with van der Waals surface area (Å²) in [6.45, 7) is 1.42. The number of aliphatic carboxylic acids is 1. The number of carboxylic acids is 1. The molecule has 6 unspecified atom stereocenters. The third-order valence-corrected chi connectivity index (χ3v) is 7.92. The van der Waals surface area contributed by atoms with Crippen molar-refractivity contribution < 1.29 is 59.9 Å². The molecule has 15 nitrogen and oxygen atoms in total. The molecule has 2 aromatic rings. The molecule has 15 heteroatoms. The summed E-state index contributed by atoms with van der Waals surface area (Å²) in [5.41, 5.74) is 2.98. The molecule has 3 aliphatic rings. The molecule has 0 spiro atoms. The summed E-state index contributed by atoms with van der Waals surface area (Å²) in [7, 11) is 0. The van der Waals surface area contributed by atoms with Crippen LogP contribution in [0.2, 0.25) is 0 Å². The van der Waals surface area contributed by atoms with Crippen molar-refractivity contribution in [1.29, 1.82) is 0 Å². The zero-order valence-corrected chi connectivity index (χ0v) is 24.0. The van der Waals surface area contributed by atoms with Gasteiger partial charge in [0.2, 0.25) is 0 Å². The van der Waals surface area contributed by atoms with Gasteiger partial charge in [0.1, 0.15) is 36.8 Å². The Kier molecular flexibility index (Phi) is 8.93. The van der Waals surface area contributed by atoms with Crippen molar-refractivity contribution in [2.45, 2.75) is 62.6 Å². The van der Waals surface area contributed by atoms with E-state index in [1.807, 2.05) is 6.92 Å². The highest BCUT2D eigenvalue weighted by atomic mass is 16.8. The van der Waals surface area contributed by atoms with Gasteiger partial charge < -0.3 is 50.3 Å². The Labute approximate surface area is 256 Å². The number of carbonyl (C=O) groups is 2. The molecular weight excluding hydrogens is 594 g/mol. The monoisotopic (exact) mass is 627 g/mol. The molecule has 6 atom stereocenters. The number of fused-ring (bicyclic) bond motifs is 1. The van der Waals surface area contributed by atoms with Gasteiger partial charge in [0.05, 0.1) is 23.7 Å². The fourth-order valence-electron chi connectivity index (χ4n) is 5.52. The second kappa shape index (κ2) is 12.5. The molecule has 1 saturated heterocycles. The number of ether oxygens (including phenoxy) is 2. The molecule has 0 bridgehead atoms. The predicted octanol–water partition coefficient (Wildman–Crippen LogP) is -0.542. The lowest BCUT2D eigenvalue weighted by atomic mass is 9.98. The molecule has 8 N–H and O–H groups in total. The van der Waals surface area contributed by atoms with Crippen LogP contribution < -0.4 is 9.64 Å². The number of phenolic OH excluding ortho intramolecular Hbond substituents is 2. The average Bonchev–Trinajstić information content (AvgIpc) is 3.62. The van der Waals surface area contributed by atoms with Crippen molar-refractivity contribution in [3.63, 3.8) is 0 Å². The molecule has 1 fully saturated rings. The number of aliphatic hydroxyl groups excluding tert-OH is 4. The third-order valence-electron chi connectivity index (χ3n) is 7.92. The highest BCUT2D eigenvalue weighted by Gasteiger charge is 2.55. The van der Waals surface area contributed by atoms with Gasteiger partial charge in [0.15, 0.2) is 17.6 Å². The van der Waals surface area contributed by atoms with E-state index in [1.165, 1.54) is 12.1 Å². The average molecular weight is 628 g/mol. The zero-order valence-electron chi connectivity index (χ0n) is 24.0. The second-order valence-electron chi connectivity index (χ2n) is 10.8. The Morgan fingerprint density at radius 2 is 1.82 bits per heavy atom. The normalized spacial score (nSPS) is 27.8.